The number of benzene rings is 4. The Morgan fingerprint density at radius 2 is 1.54 bits per heavy atom. The predicted molar refractivity (Wildman–Crippen MR) is 169 cm³/mol. The maximum absolute atomic E-state index is 13.3. The van der Waals surface area contributed by atoms with Gasteiger partial charge in [0.05, 0.1) is 16.0 Å². The summed E-state index contributed by atoms with van der Waals surface area (Å²) in [7, 11) is 0. The lowest BCUT2D eigenvalue weighted by Crippen LogP contribution is -2.40. The molecule has 1 aliphatic rings. The first-order valence-electron chi connectivity index (χ1n) is 14.0. The highest BCUT2D eigenvalue weighted by atomic mass is 35.5. The Kier molecular flexibility index (Phi) is 9.28. The van der Waals surface area contributed by atoms with Gasteiger partial charge in [0.25, 0.3) is 5.91 Å². The third-order valence-electron chi connectivity index (χ3n) is 7.70. The Morgan fingerprint density at radius 3 is 2.22 bits per heavy atom. The number of anilines is 2. The number of nitrogens with zero attached hydrogens (tertiary/aromatic N) is 1. The monoisotopic (exact) mass is 585 g/mol. The van der Waals surface area contributed by atoms with Gasteiger partial charge in [-0.25, -0.2) is 0 Å². The van der Waals surface area contributed by atoms with Crippen LogP contribution in [0.5, 0.6) is 0 Å². The van der Waals surface area contributed by atoms with Crippen molar-refractivity contribution in [2.45, 2.75) is 25.7 Å². The molecular formula is C34H33Cl2N3O2. The number of hydrogen-bond donors (Lipinski definition) is 2. The lowest BCUT2D eigenvalue weighted by atomic mass is 9.79. The zero-order chi connectivity index (χ0) is 28.8. The summed E-state index contributed by atoms with van der Waals surface area (Å²) in [5, 5.41) is 6.98. The Labute approximate surface area is 251 Å². The van der Waals surface area contributed by atoms with Crippen LogP contribution in [-0.2, 0) is 4.79 Å². The molecule has 2 N–H and O–H groups in total. The third-order valence-corrected chi connectivity index (χ3v) is 8.43. The number of amides is 2. The molecule has 0 spiro atoms. The molecule has 2 amide bonds. The van der Waals surface area contributed by atoms with Gasteiger partial charge in [0, 0.05) is 36.6 Å². The topological polar surface area (TPSA) is 61.4 Å². The molecule has 0 saturated carbocycles. The van der Waals surface area contributed by atoms with Gasteiger partial charge in [-0.1, -0.05) is 77.8 Å². The van der Waals surface area contributed by atoms with Gasteiger partial charge in [0.2, 0.25) is 5.91 Å². The van der Waals surface area contributed by atoms with Crippen LogP contribution in [0.4, 0.5) is 11.4 Å². The molecule has 5 rings (SSSR count). The molecule has 4 aromatic carbocycles. The molecule has 1 atom stereocenters. The Morgan fingerprint density at radius 1 is 0.854 bits per heavy atom. The van der Waals surface area contributed by atoms with Crippen molar-refractivity contribution in [2.24, 2.45) is 5.92 Å². The molecule has 210 valence electrons. The van der Waals surface area contributed by atoms with Crippen LogP contribution in [0.1, 0.15) is 41.6 Å². The summed E-state index contributed by atoms with van der Waals surface area (Å²) in [6.45, 7) is 4.33. The van der Waals surface area contributed by atoms with Crippen molar-refractivity contribution in [3.05, 3.63) is 118 Å². The average molecular weight is 587 g/mol. The fourth-order valence-corrected chi connectivity index (χ4v) is 5.92. The van der Waals surface area contributed by atoms with Gasteiger partial charge in [0.15, 0.2) is 0 Å². The molecule has 1 heterocycles. The van der Waals surface area contributed by atoms with Gasteiger partial charge in [-0.15, -0.1) is 0 Å². The van der Waals surface area contributed by atoms with Gasteiger partial charge in [-0.3, -0.25) is 9.59 Å². The van der Waals surface area contributed by atoms with Gasteiger partial charge in [-0.05, 0) is 84.8 Å². The molecule has 1 saturated heterocycles. The van der Waals surface area contributed by atoms with Crippen LogP contribution in [0.3, 0.4) is 0 Å². The van der Waals surface area contributed by atoms with Crippen molar-refractivity contribution < 1.29 is 9.59 Å². The number of carbonyl (C=O) groups is 2. The quantitative estimate of drug-likeness (QED) is 0.220. The second kappa shape index (κ2) is 13.2. The van der Waals surface area contributed by atoms with Gasteiger partial charge in [0.1, 0.15) is 0 Å². The third kappa shape index (κ3) is 6.75. The SMILES string of the molecule is CCNC(=O)C(c1ccccc1)C1CCN(c2ccc(NC(=O)c3ccccc3-c3ccc(Cl)c(Cl)c3)cc2)CC1. The first kappa shape index (κ1) is 28.7. The van der Waals surface area contributed by atoms with Crippen LogP contribution >= 0.6 is 23.2 Å². The van der Waals surface area contributed by atoms with E-state index in [1.807, 2.05) is 73.7 Å². The Balaban J connectivity index is 1.24. The maximum Gasteiger partial charge on any atom is 0.256 e. The maximum atomic E-state index is 13.3. The van der Waals surface area contributed by atoms with Crippen molar-refractivity contribution in [3.63, 3.8) is 0 Å². The summed E-state index contributed by atoms with van der Waals surface area (Å²) < 4.78 is 0. The fraction of sp³-hybridized carbons (Fsp3) is 0.235. The van der Waals surface area contributed by atoms with Gasteiger partial charge >= 0.3 is 0 Å². The van der Waals surface area contributed by atoms with Gasteiger partial charge in [-0.2, -0.15) is 0 Å². The number of halogens is 2. The van der Waals surface area contributed by atoms with Crippen LogP contribution in [0.15, 0.2) is 97.1 Å². The molecule has 1 unspecified atom stereocenters. The van der Waals surface area contributed by atoms with E-state index in [2.05, 4.69) is 27.7 Å². The molecule has 1 fully saturated rings. The number of nitrogens with one attached hydrogen (secondary N) is 2. The van der Waals surface area contributed by atoms with E-state index >= 15 is 0 Å². The first-order chi connectivity index (χ1) is 19.9. The second-order valence-electron chi connectivity index (χ2n) is 10.3. The van der Waals surface area contributed by atoms with Gasteiger partial charge < -0.3 is 15.5 Å². The number of piperidine rings is 1. The lowest BCUT2D eigenvalue weighted by Gasteiger charge is -2.37. The highest BCUT2D eigenvalue weighted by molar-refractivity contribution is 6.42. The van der Waals surface area contributed by atoms with E-state index in [9.17, 15) is 9.59 Å². The first-order valence-corrected chi connectivity index (χ1v) is 14.7. The van der Waals surface area contributed by atoms with E-state index in [4.69, 9.17) is 23.2 Å². The number of hydrogen-bond acceptors (Lipinski definition) is 3. The summed E-state index contributed by atoms with van der Waals surface area (Å²) in [5.41, 5.74) is 5.06. The highest BCUT2D eigenvalue weighted by Crippen LogP contribution is 2.35. The second-order valence-corrected chi connectivity index (χ2v) is 11.1. The van der Waals surface area contributed by atoms with Crippen LogP contribution < -0.4 is 15.5 Å². The van der Waals surface area contributed by atoms with E-state index < -0.39 is 0 Å². The lowest BCUT2D eigenvalue weighted by molar-refractivity contribution is -0.123. The molecule has 41 heavy (non-hydrogen) atoms. The van der Waals surface area contributed by atoms with Crippen LogP contribution in [0.2, 0.25) is 10.0 Å². The summed E-state index contributed by atoms with van der Waals surface area (Å²) in [6.07, 6.45) is 1.86. The highest BCUT2D eigenvalue weighted by Gasteiger charge is 2.32. The summed E-state index contributed by atoms with van der Waals surface area (Å²) in [5.74, 6) is 0.0625. The predicted octanol–water partition coefficient (Wildman–Crippen LogP) is 8.05. The minimum atomic E-state index is -0.197. The van der Waals surface area contributed by atoms with Crippen molar-refractivity contribution >= 4 is 46.4 Å². The molecule has 4 aromatic rings. The number of carbonyl (C=O) groups excluding carboxylic acids is 2. The standard InChI is InChI=1S/C34H33Cl2N3O2/c1-2-37-34(41)32(23-8-4-3-5-9-23)24-18-20-39(21-19-24)27-15-13-26(14-16-27)38-33(40)29-11-7-6-10-28(29)25-12-17-30(35)31(36)22-25/h3-17,22,24,32H,2,18-21H2,1H3,(H,37,41)(H,38,40). The van der Waals surface area contributed by atoms with Crippen LogP contribution in [0.25, 0.3) is 11.1 Å². The van der Waals surface area contributed by atoms with Crippen LogP contribution in [0, 0.1) is 5.92 Å². The van der Waals surface area contributed by atoms with E-state index in [1.54, 1.807) is 18.2 Å². The molecule has 5 nitrogen and oxygen atoms in total. The minimum absolute atomic E-state index is 0.109. The minimum Gasteiger partial charge on any atom is -0.372 e. The van der Waals surface area contributed by atoms with E-state index in [1.165, 1.54) is 0 Å². The summed E-state index contributed by atoms with van der Waals surface area (Å²) in [6, 6.07) is 30.9. The van der Waals surface area contributed by atoms with E-state index in [0.29, 0.717) is 22.2 Å². The van der Waals surface area contributed by atoms with Crippen molar-refractivity contribution in [2.75, 3.05) is 29.9 Å². The molecule has 0 radical (unpaired) electrons. The Bertz CT molecular complexity index is 1500. The molecule has 7 heteroatoms. The van der Waals surface area contributed by atoms with Crippen LogP contribution in [-0.4, -0.2) is 31.4 Å². The van der Waals surface area contributed by atoms with Crippen molar-refractivity contribution in [3.8, 4) is 11.1 Å². The molecule has 0 aliphatic carbocycles. The summed E-state index contributed by atoms with van der Waals surface area (Å²) >= 11 is 12.3. The largest absolute Gasteiger partial charge is 0.372 e. The molecule has 1 aliphatic heterocycles. The van der Waals surface area contributed by atoms with E-state index in [-0.39, 0.29) is 23.7 Å². The fourth-order valence-electron chi connectivity index (χ4n) is 5.62. The number of rotatable bonds is 8. The molecule has 0 bridgehead atoms. The Hall–Kier alpha value is -3.80. The summed E-state index contributed by atoms with van der Waals surface area (Å²) in [4.78, 5) is 28.6. The van der Waals surface area contributed by atoms with E-state index in [0.717, 1.165) is 54.0 Å². The molecule has 0 aromatic heterocycles. The zero-order valence-corrected chi connectivity index (χ0v) is 24.5. The zero-order valence-electron chi connectivity index (χ0n) is 22.9. The average Bonchev–Trinajstić information content (AvgIpc) is 3.00. The van der Waals surface area contributed by atoms with Crippen molar-refractivity contribution in [1.29, 1.82) is 0 Å². The number of likely N-dealkylation sites (N-methyl/N-ethyl adjacent to an activating group) is 1. The molecular weight excluding hydrogens is 553 g/mol. The smallest absolute Gasteiger partial charge is 0.256 e. The normalized spacial score (nSPS) is 14.4. The van der Waals surface area contributed by atoms with Crippen molar-refractivity contribution in [1.82, 2.24) is 5.32 Å².